The van der Waals surface area contributed by atoms with Gasteiger partial charge in [-0.05, 0) is 26.5 Å². The lowest BCUT2D eigenvalue weighted by molar-refractivity contribution is 0.623. The molecular formula is C15H20N2S. The molecule has 0 amide bonds. The number of nitrogens with one attached hydrogen (secondary N) is 1. The van der Waals surface area contributed by atoms with Crippen molar-refractivity contribution in [3.63, 3.8) is 0 Å². The van der Waals surface area contributed by atoms with Gasteiger partial charge in [-0.25, -0.2) is 4.98 Å². The number of rotatable bonds is 5. The molecule has 2 rings (SSSR count). The molecule has 0 saturated carbocycles. The predicted molar refractivity (Wildman–Crippen MR) is 78.4 cm³/mol. The summed E-state index contributed by atoms with van der Waals surface area (Å²) in [6.45, 7) is 5.19. The van der Waals surface area contributed by atoms with Crippen LogP contribution in [0.4, 0.5) is 0 Å². The summed E-state index contributed by atoms with van der Waals surface area (Å²) >= 11 is 1.76. The largest absolute Gasteiger partial charge is 0.319 e. The lowest BCUT2D eigenvalue weighted by Crippen LogP contribution is -2.19. The molecule has 1 unspecified atom stereocenters. The van der Waals surface area contributed by atoms with Crippen LogP contribution in [-0.2, 0) is 6.42 Å². The highest BCUT2D eigenvalue weighted by Gasteiger charge is 2.13. The Morgan fingerprint density at radius 1 is 1.33 bits per heavy atom. The summed E-state index contributed by atoms with van der Waals surface area (Å²) in [5.74, 6) is 0.500. The van der Waals surface area contributed by atoms with Gasteiger partial charge in [0, 0.05) is 30.0 Å². The Balaban J connectivity index is 2.17. The van der Waals surface area contributed by atoms with E-state index >= 15 is 0 Å². The molecule has 0 bridgehead atoms. The van der Waals surface area contributed by atoms with E-state index in [0.29, 0.717) is 5.92 Å². The molecule has 1 atom stereocenters. The Labute approximate surface area is 113 Å². The molecule has 1 N–H and O–H groups in total. The first-order valence-electron chi connectivity index (χ1n) is 6.31. The molecule has 2 nitrogen and oxygen atoms in total. The van der Waals surface area contributed by atoms with Crippen molar-refractivity contribution in [2.45, 2.75) is 26.2 Å². The Bertz CT molecular complexity index is 505. The third kappa shape index (κ3) is 3.40. The van der Waals surface area contributed by atoms with Crippen molar-refractivity contribution in [1.29, 1.82) is 0 Å². The molecule has 1 heterocycles. The van der Waals surface area contributed by atoms with E-state index in [1.165, 1.54) is 16.1 Å². The van der Waals surface area contributed by atoms with Crippen LogP contribution in [-0.4, -0.2) is 18.6 Å². The van der Waals surface area contributed by atoms with E-state index in [1.807, 2.05) is 7.05 Å². The van der Waals surface area contributed by atoms with Crippen LogP contribution in [0.25, 0.3) is 0 Å². The van der Waals surface area contributed by atoms with Gasteiger partial charge in [0.05, 0.1) is 5.01 Å². The number of aromatic nitrogens is 1. The first kappa shape index (κ1) is 13.2. The van der Waals surface area contributed by atoms with E-state index in [4.69, 9.17) is 0 Å². The van der Waals surface area contributed by atoms with Gasteiger partial charge in [-0.2, -0.15) is 0 Å². The van der Waals surface area contributed by atoms with Crippen LogP contribution in [0, 0.1) is 13.8 Å². The average Bonchev–Trinajstić information content (AvgIpc) is 2.74. The van der Waals surface area contributed by atoms with Gasteiger partial charge in [-0.3, -0.25) is 0 Å². The fourth-order valence-corrected chi connectivity index (χ4v) is 3.04. The SMILES string of the molecule is CNCC(Cc1nc(C)cs1)c1cccc(C)c1. The second kappa shape index (κ2) is 6.12. The predicted octanol–water partition coefficient (Wildman–Crippen LogP) is 3.31. The van der Waals surface area contributed by atoms with Gasteiger partial charge in [0.1, 0.15) is 0 Å². The van der Waals surface area contributed by atoms with E-state index in [1.54, 1.807) is 11.3 Å². The lowest BCUT2D eigenvalue weighted by Gasteiger charge is -2.16. The van der Waals surface area contributed by atoms with Crippen LogP contribution in [0.3, 0.4) is 0 Å². The monoisotopic (exact) mass is 260 g/mol. The van der Waals surface area contributed by atoms with Crippen molar-refractivity contribution in [1.82, 2.24) is 10.3 Å². The Kier molecular flexibility index (Phi) is 4.50. The Morgan fingerprint density at radius 2 is 2.17 bits per heavy atom. The van der Waals surface area contributed by atoms with E-state index in [-0.39, 0.29) is 0 Å². The van der Waals surface area contributed by atoms with E-state index < -0.39 is 0 Å². The molecule has 1 aromatic heterocycles. The number of benzene rings is 1. The van der Waals surface area contributed by atoms with Crippen LogP contribution < -0.4 is 5.32 Å². The number of likely N-dealkylation sites (N-methyl/N-ethyl adjacent to an activating group) is 1. The van der Waals surface area contributed by atoms with Crippen LogP contribution in [0.15, 0.2) is 29.6 Å². The zero-order valence-electron chi connectivity index (χ0n) is 11.2. The zero-order valence-corrected chi connectivity index (χ0v) is 12.1. The van der Waals surface area contributed by atoms with Crippen LogP contribution in [0.5, 0.6) is 0 Å². The van der Waals surface area contributed by atoms with Crippen LogP contribution in [0.1, 0.15) is 27.7 Å². The summed E-state index contributed by atoms with van der Waals surface area (Å²) in [6, 6.07) is 8.78. The van der Waals surface area contributed by atoms with Crippen molar-refractivity contribution < 1.29 is 0 Å². The van der Waals surface area contributed by atoms with Crippen LogP contribution in [0.2, 0.25) is 0 Å². The van der Waals surface area contributed by atoms with Gasteiger partial charge >= 0.3 is 0 Å². The summed E-state index contributed by atoms with van der Waals surface area (Å²) in [7, 11) is 2.01. The summed E-state index contributed by atoms with van der Waals surface area (Å²) in [4.78, 5) is 4.57. The first-order chi connectivity index (χ1) is 8.69. The molecule has 2 aromatic rings. The van der Waals surface area contributed by atoms with Crippen molar-refractivity contribution in [2.75, 3.05) is 13.6 Å². The molecule has 3 heteroatoms. The second-order valence-electron chi connectivity index (χ2n) is 4.76. The number of thiazole rings is 1. The molecule has 0 spiro atoms. The third-order valence-electron chi connectivity index (χ3n) is 3.05. The molecule has 0 saturated heterocycles. The Hall–Kier alpha value is -1.19. The molecule has 0 fully saturated rings. The van der Waals surface area contributed by atoms with Crippen molar-refractivity contribution >= 4 is 11.3 Å². The maximum Gasteiger partial charge on any atom is 0.0934 e. The summed E-state index contributed by atoms with van der Waals surface area (Å²) in [6.07, 6.45) is 1.02. The smallest absolute Gasteiger partial charge is 0.0934 e. The lowest BCUT2D eigenvalue weighted by atomic mass is 9.94. The maximum absolute atomic E-state index is 4.57. The highest BCUT2D eigenvalue weighted by Crippen LogP contribution is 2.23. The van der Waals surface area contributed by atoms with E-state index in [2.05, 4.69) is 53.8 Å². The standard InChI is InChI=1S/C15H20N2S/c1-11-5-4-6-13(7-11)14(9-16-3)8-15-17-12(2)10-18-15/h4-7,10,14,16H,8-9H2,1-3H3. The van der Waals surface area contributed by atoms with Crippen LogP contribution >= 0.6 is 11.3 Å². The quantitative estimate of drug-likeness (QED) is 0.892. The van der Waals surface area contributed by atoms with E-state index in [9.17, 15) is 0 Å². The maximum atomic E-state index is 4.57. The summed E-state index contributed by atoms with van der Waals surface area (Å²) in [5.41, 5.74) is 3.85. The molecule has 0 aliphatic rings. The highest BCUT2D eigenvalue weighted by molar-refractivity contribution is 7.09. The average molecular weight is 260 g/mol. The van der Waals surface area contributed by atoms with Crippen molar-refractivity contribution in [3.8, 4) is 0 Å². The number of hydrogen-bond acceptors (Lipinski definition) is 3. The van der Waals surface area contributed by atoms with Gasteiger partial charge < -0.3 is 5.32 Å². The molecule has 0 radical (unpaired) electrons. The topological polar surface area (TPSA) is 24.9 Å². The minimum absolute atomic E-state index is 0.500. The van der Waals surface area contributed by atoms with Gasteiger partial charge in [-0.1, -0.05) is 29.8 Å². The van der Waals surface area contributed by atoms with Gasteiger partial charge in [0.15, 0.2) is 0 Å². The fourth-order valence-electron chi connectivity index (χ4n) is 2.19. The number of aryl methyl sites for hydroxylation is 2. The Morgan fingerprint density at radius 3 is 2.78 bits per heavy atom. The van der Waals surface area contributed by atoms with E-state index in [0.717, 1.165) is 18.7 Å². The zero-order chi connectivity index (χ0) is 13.0. The minimum Gasteiger partial charge on any atom is -0.319 e. The second-order valence-corrected chi connectivity index (χ2v) is 5.70. The molecular weight excluding hydrogens is 240 g/mol. The fraction of sp³-hybridized carbons (Fsp3) is 0.400. The van der Waals surface area contributed by atoms with Crippen molar-refractivity contribution in [2.24, 2.45) is 0 Å². The minimum atomic E-state index is 0.500. The van der Waals surface area contributed by atoms with Gasteiger partial charge in [0.25, 0.3) is 0 Å². The molecule has 18 heavy (non-hydrogen) atoms. The molecule has 0 aliphatic heterocycles. The normalized spacial score (nSPS) is 12.6. The summed E-state index contributed by atoms with van der Waals surface area (Å²) < 4.78 is 0. The molecule has 1 aromatic carbocycles. The number of hydrogen-bond donors (Lipinski definition) is 1. The van der Waals surface area contributed by atoms with Gasteiger partial charge in [-0.15, -0.1) is 11.3 Å². The van der Waals surface area contributed by atoms with Gasteiger partial charge in [0.2, 0.25) is 0 Å². The highest BCUT2D eigenvalue weighted by atomic mass is 32.1. The van der Waals surface area contributed by atoms with Crippen molar-refractivity contribution in [3.05, 3.63) is 51.5 Å². The third-order valence-corrected chi connectivity index (χ3v) is 4.04. The summed E-state index contributed by atoms with van der Waals surface area (Å²) in [5, 5.41) is 6.65. The first-order valence-corrected chi connectivity index (χ1v) is 7.19. The number of nitrogens with zero attached hydrogens (tertiary/aromatic N) is 1. The molecule has 0 aliphatic carbocycles. The molecule has 96 valence electrons.